The summed E-state index contributed by atoms with van der Waals surface area (Å²) >= 11 is -0.953. The Hall–Kier alpha value is -3.63. The fourth-order valence-electron chi connectivity index (χ4n) is 4.22. The number of fused-ring (bicyclic) bond motifs is 2. The molecule has 0 aliphatic rings. The monoisotopic (exact) mass is 514 g/mol. The molecule has 4 rings (SSSR count). The molecular formula is C26H21F3N2O4S. The summed E-state index contributed by atoms with van der Waals surface area (Å²) in [5.74, 6) is -1.02. The van der Waals surface area contributed by atoms with Gasteiger partial charge in [0, 0.05) is 29.0 Å². The lowest BCUT2D eigenvalue weighted by molar-refractivity contribution is -0.133. The molecule has 186 valence electrons. The van der Waals surface area contributed by atoms with Crippen LogP contribution in [-0.2, 0) is 9.08 Å². The highest BCUT2D eigenvalue weighted by atomic mass is 32.2. The van der Waals surface area contributed by atoms with Crippen LogP contribution in [0.3, 0.4) is 0 Å². The maximum atomic E-state index is 13.0. The first-order chi connectivity index (χ1) is 17.2. The lowest BCUT2D eigenvalue weighted by atomic mass is 9.98. The number of nitrogens with zero attached hydrogens (tertiary/aromatic N) is 2. The summed E-state index contributed by atoms with van der Waals surface area (Å²) in [6.07, 6.45) is 2.77. The smallest absolute Gasteiger partial charge is 0.315 e. The number of benzene rings is 3. The van der Waals surface area contributed by atoms with E-state index in [2.05, 4.69) is 4.28 Å². The van der Waals surface area contributed by atoms with E-state index < -0.39 is 23.5 Å². The van der Waals surface area contributed by atoms with E-state index in [1.54, 1.807) is 31.3 Å². The van der Waals surface area contributed by atoms with Crippen molar-refractivity contribution in [2.45, 2.75) is 32.2 Å². The van der Waals surface area contributed by atoms with Gasteiger partial charge in [0.05, 0.1) is 16.8 Å². The van der Waals surface area contributed by atoms with Gasteiger partial charge >= 0.3 is 5.51 Å². The molecule has 3 aromatic carbocycles. The SMILES string of the molecule is CCCC(=O)c1cn(-c2ccc(C)c3c(C(=O)N(C=O)OSC(F)(F)F)cccc23)c2ccccc12. The Morgan fingerprint density at radius 3 is 2.44 bits per heavy atom. The van der Waals surface area contributed by atoms with Gasteiger partial charge in [0.2, 0.25) is 6.41 Å². The number of hydrogen-bond donors (Lipinski definition) is 0. The van der Waals surface area contributed by atoms with Crippen LogP contribution < -0.4 is 0 Å². The number of halogens is 3. The normalized spacial score (nSPS) is 11.7. The van der Waals surface area contributed by atoms with Crippen LogP contribution in [0.1, 0.15) is 46.0 Å². The molecule has 0 N–H and O–H groups in total. The fraction of sp³-hybridized carbons (Fsp3) is 0.192. The number of alkyl halides is 3. The number of hydrogen-bond acceptors (Lipinski definition) is 5. The number of imide groups is 1. The first-order valence-electron chi connectivity index (χ1n) is 11.0. The lowest BCUT2D eigenvalue weighted by Crippen LogP contribution is -2.29. The zero-order valence-electron chi connectivity index (χ0n) is 19.3. The summed E-state index contributed by atoms with van der Waals surface area (Å²) in [4.78, 5) is 37.2. The van der Waals surface area contributed by atoms with Crippen LogP contribution in [-0.4, -0.2) is 33.2 Å². The molecule has 0 atom stereocenters. The summed E-state index contributed by atoms with van der Waals surface area (Å²) in [6.45, 7) is 3.69. The molecule has 1 heterocycles. The highest BCUT2D eigenvalue weighted by Crippen LogP contribution is 2.35. The van der Waals surface area contributed by atoms with Crippen LogP contribution in [0.15, 0.2) is 60.8 Å². The predicted octanol–water partition coefficient (Wildman–Crippen LogP) is 6.77. The lowest BCUT2D eigenvalue weighted by Gasteiger charge is -2.18. The quantitative estimate of drug-likeness (QED) is 0.112. The van der Waals surface area contributed by atoms with E-state index in [0.717, 1.165) is 10.9 Å². The molecule has 0 aliphatic carbocycles. The van der Waals surface area contributed by atoms with Crippen molar-refractivity contribution < 1.29 is 31.8 Å². The molecule has 0 fully saturated rings. The number of amides is 2. The van der Waals surface area contributed by atoms with Crippen molar-refractivity contribution in [3.63, 3.8) is 0 Å². The van der Waals surface area contributed by atoms with Crippen LogP contribution in [0.25, 0.3) is 27.4 Å². The van der Waals surface area contributed by atoms with Crippen molar-refractivity contribution in [1.29, 1.82) is 0 Å². The first-order valence-corrected chi connectivity index (χ1v) is 11.8. The summed E-state index contributed by atoms with van der Waals surface area (Å²) in [5.41, 5.74) is -2.09. The number of rotatable bonds is 8. The van der Waals surface area contributed by atoms with Crippen LogP contribution in [0.2, 0.25) is 0 Å². The van der Waals surface area contributed by atoms with Gasteiger partial charge in [-0.05, 0) is 42.5 Å². The fourth-order valence-corrected chi connectivity index (χ4v) is 4.49. The van der Waals surface area contributed by atoms with Gasteiger partial charge in [-0.1, -0.05) is 43.3 Å². The van der Waals surface area contributed by atoms with Gasteiger partial charge in [-0.2, -0.15) is 17.5 Å². The van der Waals surface area contributed by atoms with Crippen molar-refractivity contribution in [1.82, 2.24) is 9.63 Å². The molecule has 36 heavy (non-hydrogen) atoms. The Morgan fingerprint density at radius 2 is 1.75 bits per heavy atom. The number of ketones is 1. The van der Waals surface area contributed by atoms with E-state index >= 15 is 0 Å². The van der Waals surface area contributed by atoms with E-state index in [9.17, 15) is 27.6 Å². The van der Waals surface area contributed by atoms with Gasteiger partial charge in [0.25, 0.3) is 5.91 Å². The Balaban J connectivity index is 1.88. The van der Waals surface area contributed by atoms with Gasteiger partial charge in [-0.3, -0.25) is 14.4 Å². The van der Waals surface area contributed by atoms with Crippen LogP contribution in [0.4, 0.5) is 13.2 Å². The van der Waals surface area contributed by atoms with E-state index in [1.807, 2.05) is 41.8 Å². The second-order valence-corrected chi connectivity index (χ2v) is 8.85. The van der Waals surface area contributed by atoms with Gasteiger partial charge in [0.1, 0.15) is 12.0 Å². The van der Waals surface area contributed by atoms with Crippen LogP contribution >= 0.6 is 12.0 Å². The number of para-hydroxylation sites is 1. The third kappa shape index (κ3) is 4.87. The molecule has 10 heteroatoms. The highest BCUT2D eigenvalue weighted by molar-refractivity contribution is 7.95. The van der Waals surface area contributed by atoms with E-state index in [-0.39, 0.29) is 22.8 Å². The molecular weight excluding hydrogens is 493 g/mol. The second kappa shape index (κ2) is 10.2. The summed E-state index contributed by atoms with van der Waals surface area (Å²) < 4.78 is 43.9. The topological polar surface area (TPSA) is 68.6 Å². The molecule has 0 saturated heterocycles. The number of aromatic nitrogens is 1. The molecule has 0 spiro atoms. The third-order valence-electron chi connectivity index (χ3n) is 5.71. The molecule has 0 saturated carbocycles. The maximum absolute atomic E-state index is 13.0. The van der Waals surface area contributed by atoms with E-state index in [0.29, 0.717) is 40.4 Å². The van der Waals surface area contributed by atoms with Gasteiger partial charge in [-0.25, -0.2) is 0 Å². The van der Waals surface area contributed by atoms with Gasteiger partial charge in [0.15, 0.2) is 5.78 Å². The molecule has 0 radical (unpaired) electrons. The molecule has 4 aromatic rings. The van der Waals surface area contributed by atoms with Crippen LogP contribution in [0, 0.1) is 6.92 Å². The summed E-state index contributed by atoms with van der Waals surface area (Å²) in [6, 6.07) is 15.9. The van der Waals surface area contributed by atoms with Crippen molar-refractivity contribution in [2.75, 3.05) is 0 Å². The average Bonchev–Trinajstić information content (AvgIpc) is 3.23. The first kappa shape index (κ1) is 25.5. The van der Waals surface area contributed by atoms with Gasteiger partial charge < -0.3 is 4.57 Å². The standard InChI is InChI=1S/C26H21F3N2O4S/c1-3-7-23(33)20-14-30(21-11-5-4-8-17(20)21)22-13-12-16(2)24-18(22)9-6-10-19(24)25(34)31(15-32)35-36-26(27,28)29/h4-6,8-15H,3,7H2,1-2H3. The highest BCUT2D eigenvalue weighted by Gasteiger charge is 2.33. The largest absolute Gasteiger partial charge is 0.470 e. The third-order valence-corrected chi connectivity index (χ3v) is 6.14. The maximum Gasteiger partial charge on any atom is 0.470 e. The molecule has 6 nitrogen and oxygen atoms in total. The van der Waals surface area contributed by atoms with E-state index in [4.69, 9.17) is 0 Å². The minimum atomic E-state index is -4.80. The average molecular weight is 515 g/mol. The Bertz CT molecular complexity index is 1480. The molecule has 0 unspecified atom stereocenters. The van der Waals surface area contributed by atoms with Crippen molar-refractivity contribution in [2.24, 2.45) is 0 Å². The molecule has 0 bridgehead atoms. The Labute approximate surface area is 208 Å². The number of aryl methyl sites for hydroxylation is 1. The zero-order valence-corrected chi connectivity index (χ0v) is 20.2. The number of hydroxylamine groups is 2. The van der Waals surface area contributed by atoms with Crippen LogP contribution in [0.5, 0.6) is 0 Å². The molecule has 0 aliphatic heterocycles. The second-order valence-electron chi connectivity index (χ2n) is 8.07. The van der Waals surface area contributed by atoms with Gasteiger partial charge in [-0.15, -0.1) is 5.06 Å². The minimum absolute atomic E-state index is 0.000434. The number of Topliss-reactive ketones (excluding diaryl/α,β-unsaturated/α-hetero) is 1. The number of carbonyl (C=O) groups is 3. The Kier molecular flexibility index (Phi) is 7.18. The minimum Gasteiger partial charge on any atom is -0.315 e. The van der Waals surface area contributed by atoms with E-state index in [1.165, 1.54) is 6.07 Å². The van der Waals surface area contributed by atoms with Crippen molar-refractivity contribution >= 4 is 51.8 Å². The molecule has 1 aromatic heterocycles. The zero-order chi connectivity index (χ0) is 26.0. The summed E-state index contributed by atoms with van der Waals surface area (Å²) in [5, 5.41) is 1.88. The molecule has 2 amide bonds. The Morgan fingerprint density at radius 1 is 1.03 bits per heavy atom. The predicted molar refractivity (Wildman–Crippen MR) is 132 cm³/mol. The summed E-state index contributed by atoms with van der Waals surface area (Å²) in [7, 11) is 0. The van der Waals surface area contributed by atoms with Crippen molar-refractivity contribution in [3.8, 4) is 5.69 Å². The number of carbonyl (C=O) groups excluding carboxylic acids is 3. The van der Waals surface area contributed by atoms with Crippen molar-refractivity contribution in [3.05, 3.63) is 77.5 Å².